The number of hydrogen-bond acceptors (Lipinski definition) is 4. The van der Waals surface area contributed by atoms with E-state index in [4.69, 9.17) is 10.8 Å². The van der Waals surface area contributed by atoms with Crippen LogP contribution in [-0.4, -0.2) is 28.6 Å². The molecule has 5 N–H and O–H groups in total. The smallest absolute Gasteiger partial charge is 0.337 e. The quantitative estimate of drug-likeness (QED) is 0.574. The molecule has 6 heteroatoms. The number of carbonyl (C=O) groups is 2. The molecule has 1 unspecified atom stereocenters. The summed E-state index contributed by atoms with van der Waals surface area (Å²) in [4.78, 5) is 22.5. The van der Waals surface area contributed by atoms with Crippen LogP contribution < -0.4 is 11.1 Å². The number of carbonyl (C=O) groups excluding carboxylic acids is 1. The van der Waals surface area contributed by atoms with Gasteiger partial charge in [-0.15, -0.1) is 0 Å². The minimum absolute atomic E-state index is 0.139. The number of amides is 1. The maximum absolute atomic E-state index is 11.6. The SMILES string of the molecule is CC(CN)C(=O)Nc1ccc(O)cc1C(=O)O. The molecule has 0 bridgehead atoms. The first-order valence-electron chi connectivity index (χ1n) is 5.03. The molecule has 0 spiro atoms. The van der Waals surface area contributed by atoms with Gasteiger partial charge < -0.3 is 21.3 Å². The Hall–Kier alpha value is -2.08. The number of aromatic carboxylic acids is 1. The van der Waals surface area contributed by atoms with E-state index in [1.54, 1.807) is 6.92 Å². The van der Waals surface area contributed by atoms with Gasteiger partial charge in [-0.2, -0.15) is 0 Å². The molecule has 0 aliphatic rings. The van der Waals surface area contributed by atoms with E-state index in [1.807, 2.05) is 0 Å². The molecule has 17 heavy (non-hydrogen) atoms. The summed E-state index contributed by atoms with van der Waals surface area (Å²) >= 11 is 0. The number of phenolic OH excluding ortho intramolecular Hbond substituents is 1. The Balaban J connectivity index is 2.98. The number of hydrogen-bond donors (Lipinski definition) is 4. The van der Waals surface area contributed by atoms with Gasteiger partial charge in [-0.05, 0) is 18.2 Å². The Bertz CT molecular complexity index is 445. The average Bonchev–Trinajstić information content (AvgIpc) is 2.29. The van der Waals surface area contributed by atoms with Gasteiger partial charge in [-0.25, -0.2) is 4.79 Å². The number of carboxylic acid groups (broad SMARTS) is 1. The Morgan fingerprint density at radius 2 is 2.12 bits per heavy atom. The van der Waals surface area contributed by atoms with Crippen molar-refractivity contribution in [3.8, 4) is 5.75 Å². The van der Waals surface area contributed by atoms with Gasteiger partial charge in [0, 0.05) is 12.5 Å². The highest BCUT2D eigenvalue weighted by Gasteiger charge is 2.16. The molecule has 0 fully saturated rings. The van der Waals surface area contributed by atoms with Gasteiger partial charge in [0.25, 0.3) is 0 Å². The number of nitrogens with one attached hydrogen (secondary N) is 1. The number of aromatic hydroxyl groups is 1. The summed E-state index contributed by atoms with van der Waals surface area (Å²) in [5.41, 5.74) is 5.31. The van der Waals surface area contributed by atoms with Gasteiger partial charge >= 0.3 is 5.97 Å². The molecule has 1 rings (SSSR count). The van der Waals surface area contributed by atoms with Crippen molar-refractivity contribution >= 4 is 17.6 Å². The van der Waals surface area contributed by atoms with E-state index in [9.17, 15) is 14.7 Å². The normalized spacial score (nSPS) is 11.9. The average molecular weight is 238 g/mol. The Kier molecular flexibility index (Phi) is 4.06. The molecule has 0 radical (unpaired) electrons. The minimum atomic E-state index is -1.23. The van der Waals surface area contributed by atoms with Crippen molar-refractivity contribution in [2.24, 2.45) is 11.7 Å². The third kappa shape index (κ3) is 3.18. The van der Waals surface area contributed by atoms with Crippen LogP contribution in [0.4, 0.5) is 5.69 Å². The lowest BCUT2D eigenvalue weighted by molar-refractivity contribution is -0.119. The maximum Gasteiger partial charge on any atom is 0.337 e. The fourth-order valence-electron chi connectivity index (χ4n) is 1.18. The van der Waals surface area contributed by atoms with E-state index in [1.165, 1.54) is 12.1 Å². The van der Waals surface area contributed by atoms with E-state index in [-0.39, 0.29) is 29.5 Å². The molecule has 6 nitrogen and oxygen atoms in total. The first-order valence-corrected chi connectivity index (χ1v) is 5.03. The lowest BCUT2D eigenvalue weighted by Gasteiger charge is -2.12. The van der Waals surface area contributed by atoms with Crippen LogP contribution in [0.5, 0.6) is 5.75 Å². The standard InChI is InChI=1S/C11H14N2O4/c1-6(5-12)10(15)13-9-3-2-7(14)4-8(9)11(16)17/h2-4,6,14H,5,12H2,1H3,(H,13,15)(H,16,17). The molecule has 1 amide bonds. The van der Waals surface area contributed by atoms with Crippen molar-refractivity contribution in [3.05, 3.63) is 23.8 Å². The molecule has 0 heterocycles. The van der Waals surface area contributed by atoms with Crippen molar-refractivity contribution in [1.82, 2.24) is 0 Å². The Morgan fingerprint density at radius 1 is 1.47 bits per heavy atom. The van der Waals surface area contributed by atoms with Gasteiger partial charge in [-0.3, -0.25) is 4.79 Å². The van der Waals surface area contributed by atoms with E-state index in [0.717, 1.165) is 6.07 Å². The molecule has 0 aliphatic heterocycles. The summed E-state index contributed by atoms with van der Waals surface area (Å²) in [5.74, 6) is -2.17. The second-order valence-corrected chi connectivity index (χ2v) is 3.66. The van der Waals surface area contributed by atoms with Crippen molar-refractivity contribution in [1.29, 1.82) is 0 Å². The van der Waals surface area contributed by atoms with Crippen molar-refractivity contribution in [2.45, 2.75) is 6.92 Å². The largest absolute Gasteiger partial charge is 0.508 e. The number of carboxylic acids is 1. The molecule has 1 aromatic carbocycles. The highest BCUT2D eigenvalue weighted by Crippen LogP contribution is 2.21. The molecular formula is C11H14N2O4. The Labute approximate surface area is 98.1 Å². The summed E-state index contributed by atoms with van der Waals surface area (Å²) in [7, 11) is 0. The van der Waals surface area contributed by atoms with E-state index in [2.05, 4.69) is 5.32 Å². The van der Waals surface area contributed by atoms with Gasteiger partial charge in [0.05, 0.1) is 11.3 Å². The van der Waals surface area contributed by atoms with Crippen LogP contribution in [0, 0.1) is 5.92 Å². The number of anilines is 1. The first kappa shape index (κ1) is 13.0. The molecule has 92 valence electrons. The fraction of sp³-hybridized carbons (Fsp3) is 0.273. The van der Waals surface area contributed by atoms with E-state index in [0.29, 0.717) is 0 Å². The molecule has 0 saturated carbocycles. The number of benzene rings is 1. The molecule has 1 atom stereocenters. The third-order valence-electron chi connectivity index (χ3n) is 2.29. The van der Waals surface area contributed by atoms with Crippen LogP contribution >= 0.6 is 0 Å². The van der Waals surface area contributed by atoms with Crippen LogP contribution in [0.2, 0.25) is 0 Å². The molecule has 0 aliphatic carbocycles. The summed E-state index contributed by atoms with van der Waals surface area (Å²) < 4.78 is 0. The van der Waals surface area contributed by atoms with E-state index >= 15 is 0 Å². The predicted molar refractivity (Wildman–Crippen MR) is 61.9 cm³/mol. The van der Waals surface area contributed by atoms with Gasteiger partial charge in [-0.1, -0.05) is 6.92 Å². The summed E-state index contributed by atoms with van der Waals surface area (Å²) in [5, 5.41) is 20.6. The lowest BCUT2D eigenvalue weighted by Crippen LogP contribution is -2.27. The first-order chi connectivity index (χ1) is 7.95. The second kappa shape index (κ2) is 5.31. The predicted octanol–water partition coefficient (Wildman–Crippen LogP) is 0.624. The molecular weight excluding hydrogens is 224 g/mol. The van der Waals surface area contributed by atoms with Crippen molar-refractivity contribution < 1.29 is 19.8 Å². The number of nitrogens with two attached hydrogens (primary N) is 1. The van der Waals surface area contributed by atoms with Crippen LogP contribution in [0.1, 0.15) is 17.3 Å². The zero-order chi connectivity index (χ0) is 13.0. The van der Waals surface area contributed by atoms with Crippen LogP contribution in [0.25, 0.3) is 0 Å². The molecule has 1 aromatic rings. The minimum Gasteiger partial charge on any atom is -0.508 e. The van der Waals surface area contributed by atoms with Crippen LogP contribution in [0.3, 0.4) is 0 Å². The highest BCUT2D eigenvalue weighted by molar-refractivity contribution is 6.01. The van der Waals surface area contributed by atoms with Gasteiger partial charge in [0.2, 0.25) is 5.91 Å². The van der Waals surface area contributed by atoms with Crippen molar-refractivity contribution in [3.63, 3.8) is 0 Å². The van der Waals surface area contributed by atoms with Crippen LogP contribution in [-0.2, 0) is 4.79 Å². The van der Waals surface area contributed by atoms with Crippen LogP contribution in [0.15, 0.2) is 18.2 Å². The maximum atomic E-state index is 11.6. The zero-order valence-electron chi connectivity index (χ0n) is 9.30. The van der Waals surface area contributed by atoms with Gasteiger partial charge in [0.15, 0.2) is 0 Å². The van der Waals surface area contributed by atoms with Gasteiger partial charge in [0.1, 0.15) is 5.75 Å². The topological polar surface area (TPSA) is 113 Å². The second-order valence-electron chi connectivity index (χ2n) is 3.66. The number of rotatable bonds is 4. The third-order valence-corrected chi connectivity index (χ3v) is 2.29. The summed E-state index contributed by atoms with van der Waals surface area (Å²) in [6.07, 6.45) is 0. The monoisotopic (exact) mass is 238 g/mol. The zero-order valence-corrected chi connectivity index (χ0v) is 9.30. The Morgan fingerprint density at radius 3 is 2.65 bits per heavy atom. The summed E-state index contributed by atoms with van der Waals surface area (Å²) in [6.45, 7) is 1.81. The highest BCUT2D eigenvalue weighted by atomic mass is 16.4. The number of phenols is 1. The fourth-order valence-corrected chi connectivity index (χ4v) is 1.18. The molecule has 0 saturated heterocycles. The summed E-state index contributed by atoms with van der Waals surface area (Å²) in [6, 6.07) is 3.71. The van der Waals surface area contributed by atoms with E-state index < -0.39 is 11.9 Å². The molecule has 0 aromatic heterocycles. The lowest BCUT2D eigenvalue weighted by atomic mass is 10.1. The van der Waals surface area contributed by atoms with Crippen molar-refractivity contribution in [2.75, 3.05) is 11.9 Å².